The van der Waals surface area contributed by atoms with E-state index in [1.165, 1.54) is 6.20 Å². The van der Waals surface area contributed by atoms with Crippen LogP contribution in [0.5, 0.6) is 0 Å². The molecular formula is C25H21N5O2. The van der Waals surface area contributed by atoms with Crippen molar-refractivity contribution in [3.05, 3.63) is 78.6 Å². The Morgan fingerprint density at radius 1 is 1.12 bits per heavy atom. The van der Waals surface area contributed by atoms with Gasteiger partial charge in [0, 0.05) is 29.0 Å². The summed E-state index contributed by atoms with van der Waals surface area (Å²) in [4.78, 5) is 16.5. The number of aromatic nitrogens is 3. The zero-order valence-corrected chi connectivity index (χ0v) is 17.3. The number of nitrogens with one attached hydrogen (secondary N) is 1. The first-order valence-electron chi connectivity index (χ1n) is 10.5. The molecule has 0 aliphatic carbocycles. The van der Waals surface area contributed by atoms with Gasteiger partial charge in [-0.15, -0.1) is 0 Å². The van der Waals surface area contributed by atoms with Crippen molar-refractivity contribution in [1.82, 2.24) is 14.8 Å². The van der Waals surface area contributed by atoms with Gasteiger partial charge in [0.2, 0.25) is 0 Å². The van der Waals surface area contributed by atoms with Crippen LogP contribution >= 0.6 is 0 Å². The van der Waals surface area contributed by atoms with Crippen molar-refractivity contribution in [2.24, 2.45) is 5.92 Å². The topological polar surface area (TPSA) is 92.8 Å². The van der Waals surface area contributed by atoms with Crippen molar-refractivity contribution < 1.29 is 9.53 Å². The number of para-hydroxylation sites is 1. The fourth-order valence-electron chi connectivity index (χ4n) is 4.00. The van der Waals surface area contributed by atoms with Crippen LogP contribution in [0, 0.1) is 17.2 Å². The lowest BCUT2D eigenvalue weighted by atomic mass is 10.0. The predicted octanol–water partition coefficient (Wildman–Crippen LogP) is 4.80. The number of nitriles is 1. The third-order valence-electron chi connectivity index (χ3n) is 5.64. The molecule has 3 heterocycles. The number of carbonyl (C=O) groups is 1. The second kappa shape index (κ2) is 8.61. The molecule has 0 saturated carbocycles. The molecule has 1 aliphatic rings. The van der Waals surface area contributed by atoms with E-state index >= 15 is 0 Å². The van der Waals surface area contributed by atoms with E-state index in [-0.39, 0.29) is 18.1 Å². The van der Waals surface area contributed by atoms with Crippen molar-refractivity contribution in [2.75, 3.05) is 11.9 Å². The molecule has 5 rings (SSSR count). The van der Waals surface area contributed by atoms with E-state index in [1.807, 2.05) is 53.2 Å². The van der Waals surface area contributed by atoms with Crippen molar-refractivity contribution in [3.8, 4) is 17.3 Å². The number of benzene rings is 2. The van der Waals surface area contributed by atoms with Gasteiger partial charge in [-0.2, -0.15) is 10.4 Å². The van der Waals surface area contributed by atoms with E-state index in [1.54, 1.807) is 18.3 Å². The number of rotatable bonds is 4. The van der Waals surface area contributed by atoms with E-state index < -0.39 is 0 Å². The molecular weight excluding hydrogens is 402 g/mol. The molecule has 0 bridgehead atoms. The van der Waals surface area contributed by atoms with Gasteiger partial charge in [-0.3, -0.25) is 9.78 Å². The number of fused-ring (bicyclic) bond motifs is 1. The summed E-state index contributed by atoms with van der Waals surface area (Å²) in [7, 11) is 0. The minimum absolute atomic E-state index is 0.0624. The maximum Gasteiger partial charge on any atom is 0.257 e. The molecule has 1 N–H and O–H groups in total. The molecule has 7 nitrogen and oxygen atoms in total. The highest BCUT2D eigenvalue weighted by Gasteiger charge is 2.25. The zero-order valence-electron chi connectivity index (χ0n) is 17.3. The average molecular weight is 423 g/mol. The first kappa shape index (κ1) is 19.9. The van der Waals surface area contributed by atoms with Crippen LogP contribution in [0.4, 0.5) is 5.69 Å². The Hall–Kier alpha value is -4.02. The molecule has 4 aromatic rings. The largest absolute Gasteiger partial charge is 0.355 e. The molecule has 32 heavy (non-hydrogen) atoms. The number of hydrogen-bond acceptors (Lipinski definition) is 5. The van der Waals surface area contributed by atoms with Crippen LogP contribution in [0.3, 0.4) is 0 Å². The van der Waals surface area contributed by atoms with Crippen LogP contribution in [-0.4, -0.2) is 27.3 Å². The van der Waals surface area contributed by atoms with Crippen LogP contribution in [0.25, 0.3) is 22.2 Å². The molecule has 0 radical (unpaired) electrons. The van der Waals surface area contributed by atoms with Crippen LogP contribution < -0.4 is 5.32 Å². The Labute approximate surface area is 185 Å². The fourth-order valence-corrected chi connectivity index (χ4v) is 4.00. The summed E-state index contributed by atoms with van der Waals surface area (Å²) in [6.45, 7) is 0.417. The Kier molecular flexibility index (Phi) is 5.36. The van der Waals surface area contributed by atoms with Gasteiger partial charge in [0.1, 0.15) is 5.69 Å². The summed E-state index contributed by atoms with van der Waals surface area (Å²) < 4.78 is 7.88. The number of ether oxygens (including phenoxy) is 1. The monoisotopic (exact) mass is 423 g/mol. The number of hydrogen-bond donors (Lipinski definition) is 1. The van der Waals surface area contributed by atoms with Crippen LogP contribution in [0.2, 0.25) is 0 Å². The number of amides is 1. The van der Waals surface area contributed by atoms with Crippen molar-refractivity contribution in [2.45, 2.75) is 19.1 Å². The molecule has 7 heteroatoms. The Morgan fingerprint density at radius 2 is 2.03 bits per heavy atom. The third-order valence-corrected chi connectivity index (χ3v) is 5.64. The highest BCUT2D eigenvalue weighted by atomic mass is 16.5. The number of pyridine rings is 1. The van der Waals surface area contributed by atoms with Crippen molar-refractivity contribution in [1.29, 1.82) is 5.26 Å². The molecule has 0 spiro atoms. The first-order valence-corrected chi connectivity index (χ1v) is 10.5. The van der Waals surface area contributed by atoms with E-state index in [4.69, 9.17) is 15.1 Å². The summed E-state index contributed by atoms with van der Waals surface area (Å²) in [5.74, 6) is -0.277. The number of nitrogens with zero attached hydrogens (tertiary/aromatic N) is 4. The second-order valence-corrected chi connectivity index (χ2v) is 7.78. The zero-order chi connectivity index (χ0) is 21.9. The third kappa shape index (κ3) is 3.84. The van der Waals surface area contributed by atoms with Gasteiger partial charge in [0.05, 0.1) is 29.7 Å². The van der Waals surface area contributed by atoms with Crippen LogP contribution in [0.1, 0.15) is 29.4 Å². The fraction of sp³-hybridized carbons (Fsp3) is 0.200. The lowest BCUT2D eigenvalue weighted by Crippen LogP contribution is -2.24. The Bertz CT molecular complexity index is 1300. The summed E-state index contributed by atoms with van der Waals surface area (Å²) in [5, 5.41) is 18.0. The molecule has 1 aliphatic heterocycles. The normalized spacial score (nSPS) is 18.2. The molecule has 158 valence electrons. The van der Waals surface area contributed by atoms with Gasteiger partial charge in [-0.1, -0.05) is 30.3 Å². The predicted molar refractivity (Wildman–Crippen MR) is 121 cm³/mol. The van der Waals surface area contributed by atoms with Gasteiger partial charge in [0.15, 0.2) is 6.23 Å². The molecule has 1 amide bonds. The summed E-state index contributed by atoms with van der Waals surface area (Å²) in [6.07, 6.45) is 4.50. The minimum Gasteiger partial charge on any atom is -0.355 e. The second-order valence-electron chi connectivity index (χ2n) is 7.78. The van der Waals surface area contributed by atoms with E-state index in [0.717, 1.165) is 35.0 Å². The molecule has 2 aromatic heterocycles. The van der Waals surface area contributed by atoms with Crippen LogP contribution in [0.15, 0.2) is 73.1 Å². The SMILES string of the molecule is N#CC1CCC(n2nc(-c3cccc(NC(=O)c4cccnc4)c3)c3ccccc32)OC1. The average Bonchev–Trinajstić information content (AvgIpc) is 3.25. The Balaban J connectivity index is 1.47. The standard InChI is InChI=1S/C25H21N5O2/c26-14-17-10-11-23(32-16-17)30-22-9-2-1-8-21(22)24(29-30)18-5-3-7-20(13-18)28-25(31)19-6-4-12-27-15-19/h1-9,12-13,15,17,23H,10-11,16H2,(H,28,31). The molecule has 1 fully saturated rings. The van der Waals surface area contributed by atoms with E-state index in [0.29, 0.717) is 17.9 Å². The highest BCUT2D eigenvalue weighted by molar-refractivity contribution is 6.04. The van der Waals surface area contributed by atoms with E-state index in [9.17, 15) is 4.79 Å². The summed E-state index contributed by atoms with van der Waals surface area (Å²) in [5.41, 5.74) is 3.88. The molecule has 2 aromatic carbocycles. The van der Waals surface area contributed by atoms with Gasteiger partial charge >= 0.3 is 0 Å². The lowest BCUT2D eigenvalue weighted by molar-refractivity contribution is -0.0515. The van der Waals surface area contributed by atoms with E-state index in [2.05, 4.69) is 16.4 Å². The summed E-state index contributed by atoms with van der Waals surface area (Å²) >= 11 is 0. The highest BCUT2D eigenvalue weighted by Crippen LogP contribution is 2.34. The number of anilines is 1. The minimum atomic E-state index is -0.215. The van der Waals surface area contributed by atoms with Crippen LogP contribution in [-0.2, 0) is 4.74 Å². The lowest BCUT2D eigenvalue weighted by Gasteiger charge is -2.26. The van der Waals surface area contributed by atoms with Gasteiger partial charge in [-0.25, -0.2) is 4.68 Å². The van der Waals surface area contributed by atoms with Gasteiger partial charge in [-0.05, 0) is 43.2 Å². The molecule has 2 unspecified atom stereocenters. The Morgan fingerprint density at radius 3 is 2.81 bits per heavy atom. The maximum atomic E-state index is 12.5. The van der Waals surface area contributed by atoms with Crippen molar-refractivity contribution in [3.63, 3.8) is 0 Å². The number of carbonyl (C=O) groups excluding carboxylic acids is 1. The molecule has 2 atom stereocenters. The maximum absolute atomic E-state index is 12.5. The van der Waals surface area contributed by atoms with Crippen molar-refractivity contribution >= 4 is 22.5 Å². The smallest absolute Gasteiger partial charge is 0.257 e. The first-order chi connectivity index (χ1) is 15.7. The van der Waals surface area contributed by atoms with Gasteiger partial charge < -0.3 is 10.1 Å². The van der Waals surface area contributed by atoms with Gasteiger partial charge in [0.25, 0.3) is 5.91 Å². The summed E-state index contributed by atoms with van der Waals surface area (Å²) in [6, 6.07) is 21.4. The quantitative estimate of drug-likeness (QED) is 0.509. The molecule has 1 saturated heterocycles.